The van der Waals surface area contributed by atoms with Gasteiger partial charge in [-0.1, -0.05) is 24.3 Å². The number of amides is 2. The zero-order chi connectivity index (χ0) is 24.7. The van der Waals surface area contributed by atoms with Gasteiger partial charge in [-0.15, -0.1) is 0 Å². The summed E-state index contributed by atoms with van der Waals surface area (Å²) in [5.74, 6) is -1.22. The van der Waals surface area contributed by atoms with Gasteiger partial charge in [-0.05, 0) is 67.4 Å². The lowest BCUT2D eigenvalue weighted by Crippen LogP contribution is -2.28. The molecule has 3 aromatic carbocycles. The van der Waals surface area contributed by atoms with E-state index in [1.54, 1.807) is 30.3 Å². The molecule has 0 atom stereocenters. The molecule has 0 bridgehead atoms. The van der Waals surface area contributed by atoms with E-state index in [2.05, 4.69) is 10.6 Å². The molecule has 0 aliphatic carbocycles. The number of hydrogen-bond acceptors (Lipinski definition) is 4. The highest BCUT2D eigenvalue weighted by atomic mass is 32.2. The van der Waals surface area contributed by atoms with Gasteiger partial charge in [0, 0.05) is 25.7 Å². The number of sulfonamides is 1. The van der Waals surface area contributed by atoms with E-state index in [-0.39, 0.29) is 36.1 Å². The maximum absolute atomic E-state index is 13.1. The minimum atomic E-state index is -3.78. The van der Waals surface area contributed by atoms with E-state index in [1.807, 2.05) is 25.1 Å². The standard InChI is InChI=1S/C25H26FN3O4S/c1-18-7-5-8-20(17-18)27-25(31)22-9-3-4-10-23(22)28-24(30)11-6-16-29(2)34(32,33)21-14-12-19(26)13-15-21/h3-5,7-10,12-15,17H,6,11,16H2,1-2H3,(H,27,31)(H,28,30). The van der Waals surface area contributed by atoms with E-state index in [9.17, 15) is 22.4 Å². The summed E-state index contributed by atoms with van der Waals surface area (Å²) in [7, 11) is -2.38. The summed E-state index contributed by atoms with van der Waals surface area (Å²) in [5.41, 5.74) is 2.33. The number of para-hydroxylation sites is 1. The minimum absolute atomic E-state index is 0.0191. The Morgan fingerprint density at radius 3 is 2.35 bits per heavy atom. The Balaban J connectivity index is 1.57. The van der Waals surface area contributed by atoms with E-state index in [0.717, 1.165) is 22.0 Å². The van der Waals surface area contributed by atoms with Gasteiger partial charge in [0.1, 0.15) is 5.82 Å². The molecule has 2 amide bonds. The normalized spacial score (nSPS) is 11.3. The van der Waals surface area contributed by atoms with E-state index in [4.69, 9.17) is 0 Å². The first kappa shape index (κ1) is 25.1. The molecule has 7 nitrogen and oxygen atoms in total. The summed E-state index contributed by atoms with van der Waals surface area (Å²) >= 11 is 0. The highest BCUT2D eigenvalue weighted by Gasteiger charge is 2.21. The number of benzene rings is 3. The van der Waals surface area contributed by atoms with E-state index >= 15 is 0 Å². The fourth-order valence-corrected chi connectivity index (χ4v) is 4.50. The van der Waals surface area contributed by atoms with Gasteiger partial charge < -0.3 is 10.6 Å². The van der Waals surface area contributed by atoms with E-state index in [0.29, 0.717) is 16.9 Å². The molecular formula is C25H26FN3O4S. The minimum Gasteiger partial charge on any atom is -0.325 e. The summed E-state index contributed by atoms with van der Waals surface area (Å²) in [4.78, 5) is 25.2. The fourth-order valence-electron chi connectivity index (χ4n) is 3.29. The molecule has 0 saturated heterocycles. The van der Waals surface area contributed by atoms with Crippen LogP contribution in [0.15, 0.2) is 77.7 Å². The van der Waals surface area contributed by atoms with Crippen LogP contribution < -0.4 is 10.6 Å². The van der Waals surface area contributed by atoms with Crippen molar-refractivity contribution in [3.05, 3.63) is 89.7 Å². The zero-order valence-electron chi connectivity index (χ0n) is 18.9. The zero-order valence-corrected chi connectivity index (χ0v) is 19.7. The molecule has 3 aromatic rings. The number of hydrogen-bond donors (Lipinski definition) is 2. The molecule has 0 heterocycles. The molecule has 178 valence electrons. The molecule has 0 spiro atoms. The highest BCUT2D eigenvalue weighted by Crippen LogP contribution is 2.19. The van der Waals surface area contributed by atoms with Crippen LogP contribution in [0.5, 0.6) is 0 Å². The fraction of sp³-hybridized carbons (Fsp3) is 0.200. The van der Waals surface area contributed by atoms with Crippen molar-refractivity contribution in [1.29, 1.82) is 0 Å². The van der Waals surface area contributed by atoms with Gasteiger partial charge in [-0.2, -0.15) is 0 Å². The van der Waals surface area contributed by atoms with Crippen LogP contribution in [0, 0.1) is 12.7 Å². The molecule has 0 unspecified atom stereocenters. The predicted molar refractivity (Wildman–Crippen MR) is 130 cm³/mol. The van der Waals surface area contributed by atoms with Crippen LogP contribution in [0.4, 0.5) is 15.8 Å². The van der Waals surface area contributed by atoms with Crippen molar-refractivity contribution in [2.75, 3.05) is 24.2 Å². The molecule has 9 heteroatoms. The first-order valence-corrected chi connectivity index (χ1v) is 12.1. The van der Waals surface area contributed by atoms with Crippen LogP contribution in [0.25, 0.3) is 0 Å². The second-order valence-corrected chi connectivity index (χ2v) is 9.85. The quantitative estimate of drug-likeness (QED) is 0.471. The number of halogens is 1. The van der Waals surface area contributed by atoms with Gasteiger partial charge >= 0.3 is 0 Å². The summed E-state index contributed by atoms with van der Waals surface area (Å²) in [6, 6.07) is 18.6. The van der Waals surface area contributed by atoms with E-state index < -0.39 is 15.8 Å². The monoisotopic (exact) mass is 483 g/mol. The molecule has 0 saturated carbocycles. The maximum Gasteiger partial charge on any atom is 0.257 e. The van der Waals surface area contributed by atoms with Gasteiger partial charge in [0.2, 0.25) is 15.9 Å². The van der Waals surface area contributed by atoms with Gasteiger partial charge in [0.05, 0.1) is 16.1 Å². The van der Waals surface area contributed by atoms with Crippen LogP contribution in [0.2, 0.25) is 0 Å². The molecule has 0 fully saturated rings. The van der Waals surface area contributed by atoms with E-state index in [1.165, 1.54) is 19.2 Å². The molecule has 0 aromatic heterocycles. The van der Waals surface area contributed by atoms with Crippen LogP contribution >= 0.6 is 0 Å². The third-order valence-electron chi connectivity index (χ3n) is 5.12. The van der Waals surface area contributed by atoms with Crippen LogP contribution in [-0.4, -0.2) is 38.1 Å². The average molecular weight is 484 g/mol. The molecule has 0 radical (unpaired) electrons. The van der Waals surface area contributed by atoms with Crippen LogP contribution in [0.3, 0.4) is 0 Å². The number of nitrogens with one attached hydrogen (secondary N) is 2. The third kappa shape index (κ3) is 6.49. The topological polar surface area (TPSA) is 95.6 Å². The highest BCUT2D eigenvalue weighted by molar-refractivity contribution is 7.89. The van der Waals surface area contributed by atoms with Crippen molar-refractivity contribution >= 4 is 33.2 Å². The van der Waals surface area contributed by atoms with Gasteiger partial charge in [-0.25, -0.2) is 17.1 Å². The molecule has 0 aliphatic heterocycles. The van der Waals surface area contributed by atoms with Crippen molar-refractivity contribution in [3.8, 4) is 0 Å². The summed E-state index contributed by atoms with van der Waals surface area (Å²) in [6.07, 6.45) is 0.317. The second-order valence-electron chi connectivity index (χ2n) is 7.80. The van der Waals surface area contributed by atoms with Crippen LogP contribution in [-0.2, 0) is 14.8 Å². The number of carbonyl (C=O) groups excluding carboxylic acids is 2. The number of carbonyl (C=O) groups is 2. The molecule has 0 aliphatic rings. The predicted octanol–water partition coefficient (Wildman–Crippen LogP) is 4.43. The summed E-state index contributed by atoms with van der Waals surface area (Å²) in [6.45, 7) is 2.02. The number of aryl methyl sites for hydroxylation is 1. The Morgan fingerprint density at radius 2 is 1.65 bits per heavy atom. The van der Waals surface area contributed by atoms with Crippen molar-refractivity contribution in [3.63, 3.8) is 0 Å². The van der Waals surface area contributed by atoms with Crippen molar-refractivity contribution in [2.24, 2.45) is 0 Å². The Morgan fingerprint density at radius 1 is 0.941 bits per heavy atom. The Labute approximate surface area is 198 Å². The molecule has 2 N–H and O–H groups in total. The van der Waals surface area contributed by atoms with Gasteiger partial charge in [0.25, 0.3) is 5.91 Å². The summed E-state index contributed by atoms with van der Waals surface area (Å²) in [5, 5.41) is 5.55. The van der Waals surface area contributed by atoms with Crippen molar-refractivity contribution in [1.82, 2.24) is 4.31 Å². The number of nitrogens with zero attached hydrogens (tertiary/aromatic N) is 1. The average Bonchev–Trinajstić information content (AvgIpc) is 2.79. The lowest BCUT2D eigenvalue weighted by Gasteiger charge is -2.17. The number of rotatable bonds is 9. The molecule has 3 rings (SSSR count). The molecular weight excluding hydrogens is 457 g/mol. The maximum atomic E-state index is 13.1. The lowest BCUT2D eigenvalue weighted by atomic mass is 10.1. The van der Waals surface area contributed by atoms with Gasteiger partial charge in [-0.3, -0.25) is 9.59 Å². The Hall–Kier alpha value is -3.56. The lowest BCUT2D eigenvalue weighted by molar-refractivity contribution is -0.116. The first-order valence-electron chi connectivity index (χ1n) is 10.7. The largest absolute Gasteiger partial charge is 0.325 e. The third-order valence-corrected chi connectivity index (χ3v) is 6.99. The second kappa shape index (κ2) is 11.0. The van der Waals surface area contributed by atoms with Crippen molar-refractivity contribution < 1.29 is 22.4 Å². The summed E-state index contributed by atoms with van der Waals surface area (Å²) < 4.78 is 39.3. The Kier molecular flexibility index (Phi) is 8.14. The molecule has 34 heavy (non-hydrogen) atoms. The van der Waals surface area contributed by atoms with Crippen LogP contribution in [0.1, 0.15) is 28.8 Å². The Bertz CT molecular complexity index is 1280. The smallest absolute Gasteiger partial charge is 0.257 e. The van der Waals surface area contributed by atoms with Crippen molar-refractivity contribution in [2.45, 2.75) is 24.7 Å². The first-order chi connectivity index (χ1) is 16.2. The van der Waals surface area contributed by atoms with Gasteiger partial charge in [0.15, 0.2) is 0 Å². The SMILES string of the molecule is Cc1cccc(NC(=O)c2ccccc2NC(=O)CCCN(C)S(=O)(=O)c2ccc(F)cc2)c1. The number of anilines is 2.